The third kappa shape index (κ3) is 5.69. The van der Waals surface area contributed by atoms with Gasteiger partial charge in [0.05, 0.1) is 4.88 Å². The van der Waals surface area contributed by atoms with Crippen molar-refractivity contribution < 1.29 is 14.9 Å². The molecule has 6 heteroatoms. The van der Waals surface area contributed by atoms with Crippen molar-refractivity contribution in [2.24, 2.45) is 5.73 Å². The zero-order valence-corrected chi connectivity index (χ0v) is 15.5. The van der Waals surface area contributed by atoms with Crippen LogP contribution in [-0.4, -0.2) is 18.0 Å². The van der Waals surface area contributed by atoms with Gasteiger partial charge in [-0.2, -0.15) is 0 Å². The first-order valence-electron chi connectivity index (χ1n) is 8.58. The maximum atomic E-state index is 12.0. The predicted molar refractivity (Wildman–Crippen MR) is 100 cm³/mol. The first kappa shape index (κ1) is 19.1. The minimum Gasteiger partial charge on any atom is -0.351 e. The Balaban J connectivity index is 2.16. The smallest absolute Gasteiger partial charge is 0.319 e. The number of thiophene rings is 1. The highest BCUT2D eigenvalue weighted by Crippen LogP contribution is 2.23. The number of rotatable bonds is 8. The van der Waals surface area contributed by atoms with E-state index in [1.807, 2.05) is 16.8 Å². The fourth-order valence-corrected chi connectivity index (χ4v) is 3.55. The van der Waals surface area contributed by atoms with Crippen LogP contribution in [0.2, 0.25) is 0 Å². The molecule has 0 saturated carbocycles. The van der Waals surface area contributed by atoms with Gasteiger partial charge in [0.2, 0.25) is 0 Å². The van der Waals surface area contributed by atoms with Gasteiger partial charge < -0.3 is 11.1 Å². The molecule has 2 atom stereocenters. The highest BCUT2D eigenvalue weighted by atomic mass is 32.1. The van der Waals surface area contributed by atoms with Crippen molar-refractivity contribution in [2.45, 2.75) is 45.2 Å². The van der Waals surface area contributed by atoms with Crippen molar-refractivity contribution in [1.29, 1.82) is 0 Å². The Labute approximate surface area is 152 Å². The van der Waals surface area contributed by atoms with Crippen molar-refractivity contribution >= 4 is 23.3 Å². The van der Waals surface area contributed by atoms with E-state index in [4.69, 9.17) is 5.73 Å². The molecule has 25 heavy (non-hydrogen) atoms. The largest absolute Gasteiger partial charge is 0.351 e. The fraction of sp³-hybridized carbons (Fsp3) is 0.368. The number of quaternary nitrogens is 1. The highest BCUT2D eigenvalue weighted by Gasteiger charge is 2.26. The number of amides is 3. The van der Waals surface area contributed by atoms with E-state index in [9.17, 15) is 9.59 Å². The van der Waals surface area contributed by atoms with Crippen LogP contribution in [0.4, 0.5) is 4.79 Å². The van der Waals surface area contributed by atoms with E-state index in [0.29, 0.717) is 0 Å². The normalized spacial score (nSPS) is 13.2. The molecule has 134 valence electrons. The molecule has 0 bridgehead atoms. The predicted octanol–water partition coefficient (Wildman–Crippen LogP) is 2.33. The van der Waals surface area contributed by atoms with E-state index < -0.39 is 12.1 Å². The average molecular weight is 361 g/mol. The summed E-state index contributed by atoms with van der Waals surface area (Å²) in [6, 6.07) is 11.4. The topological polar surface area (TPSA) is 88.8 Å². The number of hydrogen-bond acceptors (Lipinski definition) is 3. The fourth-order valence-electron chi connectivity index (χ4n) is 2.72. The molecule has 0 aliphatic rings. The van der Waals surface area contributed by atoms with Gasteiger partial charge in [0.15, 0.2) is 6.04 Å². The zero-order valence-electron chi connectivity index (χ0n) is 14.7. The van der Waals surface area contributed by atoms with E-state index >= 15 is 0 Å². The number of urea groups is 1. The van der Waals surface area contributed by atoms with E-state index in [-0.39, 0.29) is 11.9 Å². The SMILES string of the molecule is CCCCc1ccc([C@@H]([NH2+][C@@H](C)C(=O)NC(N)=O)c2cccs2)cc1. The summed E-state index contributed by atoms with van der Waals surface area (Å²) in [7, 11) is 0. The maximum Gasteiger partial charge on any atom is 0.319 e. The molecule has 0 aliphatic carbocycles. The third-order valence-corrected chi connectivity index (χ3v) is 5.10. The Morgan fingerprint density at radius 1 is 1.24 bits per heavy atom. The van der Waals surface area contributed by atoms with Gasteiger partial charge in [-0.1, -0.05) is 43.7 Å². The standard InChI is InChI=1S/C19H25N3O2S/c1-3-4-6-14-8-10-15(11-9-14)17(16-7-5-12-25-16)21-13(2)18(23)22-19(20)24/h5,7-13,17,21H,3-4,6H2,1-2H3,(H3,20,22,23,24)/p+1/t13-,17+/m0/s1. The molecular weight excluding hydrogens is 334 g/mol. The molecule has 1 aromatic carbocycles. The van der Waals surface area contributed by atoms with Crippen molar-refractivity contribution in [1.82, 2.24) is 5.32 Å². The van der Waals surface area contributed by atoms with Crippen molar-refractivity contribution in [3.8, 4) is 0 Å². The molecule has 5 nitrogen and oxygen atoms in total. The van der Waals surface area contributed by atoms with Crippen LogP contribution in [0.5, 0.6) is 0 Å². The van der Waals surface area contributed by atoms with Crippen LogP contribution in [0.3, 0.4) is 0 Å². The summed E-state index contributed by atoms with van der Waals surface area (Å²) in [6.07, 6.45) is 3.45. The lowest BCUT2D eigenvalue weighted by atomic mass is 10.0. The van der Waals surface area contributed by atoms with Crippen LogP contribution < -0.4 is 16.4 Å². The number of nitrogens with one attached hydrogen (secondary N) is 1. The Morgan fingerprint density at radius 3 is 2.52 bits per heavy atom. The molecule has 1 aromatic heterocycles. The van der Waals surface area contributed by atoms with Gasteiger partial charge in [-0.15, -0.1) is 11.3 Å². The number of carbonyl (C=O) groups excluding carboxylic acids is 2. The second-order valence-electron chi connectivity index (χ2n) is 6.17. The van der Waals surface area contributed by atoms with Crippen molar-refractivity contribution in [3.63, 3.8) is 0 Å². The molecular formula is C19H26N3O2S+. The lowest BCUT2D eigenvalue weighted by Gasteiger charge is -2.19. The van der Waals surface area contributed by atoms with Gasteiger partial charge in [0.1, 0.15) is 6.04 Å². The Hall–Kier alpha value is -2.18. The number of nitrogens with two attached hydrogens (primary N) is 2. The number of benzene rings is 1. The molecule has 0 spiro atoms. The summed E-state index contributed by atoms with van der Waals surface area (Å²) in [5.41, 5.74) is 7.51. The number of primary amides is 1. The summed E-state index contributed by atoms with van der Waals surface area (Å²) in [6.45, 7) is 3.96. The van der Waals surface area contributed by atoms with Gasteiger partial charge in [-0.3, -0.25) is 10.1 Å². The number of imide groups is 1. The average Bonchev–Trinajstić information content (AvgIpc) is 3.12. The van der Waals surface area contributed by atoms with Crippen LogP contribution in [0.1, 0.15) is 48.7 Å². The molecule has 0 aliphatic heterocycles. The quantitative estimate of drug-likeness (QED) is 0.674. The Kier molecular flexibility index (Phi) is 7.16. The third-order valence-electron chi connectivity index (χ3n) is 4.15. The van der Waals surface area contributed by atoms with Crippen LogP contribution in [0, 0.1) is 0 Å². The summed E-state index contributed by atoms with van der Waals surface area (Å²) in [5.74, 6) is -0.381. The van der Waals surface area contributed by atoms with E-state index in [2.05, 4.69) is 42.6 Å². The highest BCUT2D eigenvalue weighted by molar-refractivity contribution is 7.10. The second kappa shape index (κ2) is 9.34. The summed E-state index contributed by atoms with van der Waals surface area (Å²) in [5, 5.41) is 6.14. The minimum absolute atomic E-state index is 0.00820. The molecule has 2 aromatic rings. The van der Waals surface area contributed by atoms with Crippen LogP contribution in [0.25, 0.3) is 0 Å². The summed E-state index contributed by atoms with van der Waals surface area (Å²) >= 11 is 1.66. The van der Waals surface area contributed by atoms with Gasteiger partial charge in [-0.05, 0) is 36.8 Å². The Bertz CT molecular complexity index is 683. The first-order chi connectivity index (χ1) is 12.0. The Morgan fingerprint density at radius 2 is 1.96 bits per heavy atom. The molecule has 2 rings (SSSR count). The van der Waals surface area contributed by atoms with Gasteiger partial charge >= 0.3 is 6.03 Å². The van der Waals surface area contributed by atoms with E-state index in [0.717, 1.165) is 12.0 Å². The number of aryl methyl sites for hydroxylation is 1. The van der Waals surface area contributed by atoms with Gasteiger partial charge in [0, 0.05) is 5.56 Å². The maximum absolute atomic E-state index is 12.0. The zero-order chi connectivity index (χ0) is 18.2. The summed E-state index contributed by atoms with van der Waals surface area (Å²) in [4.78, 5) is 24.1. The lowest BCUT2D eigenvalue weighted by Crippen LogP contribution is -2.92. The second-order valence-corrected chi connectivity index (χ2v) is 7.15. The summed E-state index contributed by atoms with van der Waals surface area (Å²) < 4.78 is 0. The van der Waals surface area contributed by atoms with E-state index in [1.54, 1.807) is 18.3 Å². The van der Waals surface area contributed by atoms with Gasteiger partial charge in [-0.25, -0.2) is 4.79 Å². The molecule has 0 unspecified atom stereocenters. The molecule has 5 N–H and O–H groups in total. The molecule has 0 saturated heterocycles. The lowest BCUT2D eigenvalue weighted by molar-refractivity contribution is -0.704. The van der Waals surface area contributed by atoms with Gasteiger partial charge in [0.25, 0.3) is 5.91 Å². The van der Waals surface area contributed by atoms with Crippen LogP contribution in [0.15, 0.2) is 41.8 Å². The van der Waals surface area contributed by atoms with E-state index in [1.165, 1.54) is 23.3 Å². The molecule has 3 amide bonds. The van der Waals surface area contributed by atoms with Crippen LogP contribution in [-0.2, 0) is 11.2 Å². The first-order valence-corrected chi connectivity index (χ1v) is 9.46. The monoisotopic (exact) mass is 360 g/mol. The molecule has 1 heterocycles. The number of hydrogen-bond donors (Lipinski definition) is 3. The minimum atomic E-state index is -0.821. The molecule has 0 fully saturated rings. The van der Waals surface area contributed by atoms with Crippen molar-refractivity contribution in [2.75, 3.05) is 0 Å². The van der Waals surface area contributed by atoms with Crippen LogP contribution >= 0.6 is 11.3 Å². The van der Waals surface area contributed by atoms with Crippen molar-refractivity contribution in [3.05, 3.63) is 57.8 Å². The number of unbranched alkanes of at least 4 members (excludes halogenated alkanes) is 1. The molecule has 0 radical (unpaired) electrons. The number of carbonyl (C=O) groups is 2.